The van der Waals surface area contributed by atoms with Crippen LogP contribution in [-0.4, -0.2) is 44.6 Å². The van der Waals surface area contributed by atoms with Crippen molar-refractivity contribution in [3.05, 3.63) is 482 Å². The molecule has 3 aliphatic rings. The minimum atomic E-state index is -3.23. The Balaban J connectivity index is 0.000000151. The molecule has 1 aromatic heterocycles. The second kappa shape index (κ2) is 52.5. The molecular formula is C113H83Br3F12O10S6. The van der Waals surface area contributed by atoms with Crippen molar-refractivity contribution in [3.63, 3.8) is 0 Å². The number of fused-ring (bicyclic) bond motifs is 5. The van der Waals surface area contributed by atoms with E-state index < -0.39 is 137 Å². The summed E-state index contributed by atoms with van der Waals surface area (Å²) in [5, 5.41) is 23.3. The number of aliphatic carboxylic acids is 2. The normalized spacial score (nSPS) is 12.8. The highest BCUT2D eigenvalue weighted by molar-refractivity contribution is 7.98. The van der Waals surface area contributed by atoms with E-state index >= 15 is 0 Å². The van der Waals surface area contributed by atoms with Gasteiger partial charge in [0.1, 0.15) is 82.4 Å². The van der Waals surface area contributed by atoms with Crippen molar-refractivity contribution in [2.45, 2.75) is 113 Å². The predicted molar refractivity (Wildman–Crippen MR) is 523 cm³/mol. The lowest BCUT2D eigenvalue weighted by Crippen LogP contribution is -3.00. The molecule has 144 heavy (non-hydrogen) atoms. The van der Waals surface area contributed by atoms with E-state index in [0.717, 1.165) is 73.4 Å². The van der Waals surface area contributed by atoms with Crippen molar-refractivity contribution >= 4 is 96.0 Å². The first-order valence-corrected chi connectivity index (χ1v) is 51.4. The highest BCUT2D eigenvalue weighted by Crippen LogP contribution is 2.49. The first kappa shape index (κ1) is 110. The van der Waals surface area contributed by atoms with Gasteiger partial charge in [-0.25, -0.2) is 61.1 Å². The van der Waals surface area contributed by atoms with Crippen LogP contribution in [0.1, 0.15) is 32.1 Å². The fraction of sp³-hybridized carbons (Fsp3) is 0.0796. The Kier molecular flexibility index (Phi) is 40.1. The third kappa shape index (κ3) is 29.0. The number of carbonyl (C=O) groups excluding carboxylic acids is 2. The van der Waals surface area contributed by atoms with Gasteiger partial charge in [-0.05, 0) is 158 Å². The Labute approximate surface area is 869 Å². The molecule has 17 aromatic carbocycles. The number of benzene rings is 17. The maximum absolute atomic E-state index is 13.6. The van der Waals surface area contributed by atoms with Gasteiger partial charge in [0.2, 0.25) is 0 Å². The lowest BCUT2D eigenvalue weighted by Gasteiger charge is -2.26. The number of rotatable bonds is 17. The molecule has 1 unspecified atom stereocenters. The molecule has 1 atom stereocenters. The van der Waals surface area contributed by atoms with Crippen molar-refractivity contribution in [2.75, 3.05) is 6.61 Å². The first-order chi connectivity index (χ1) is 68.2. The van der Waals surface area contributed by atoms with E-state index in [4.69, 9.17) is 18.9 Å². The summed E-state index contributed by atoms with van der Waals surface area (Å²) < 4.78 is 212. The average Bonchev–Trinajstić information content (AvgIpc) is 1.60. The molecule has 1 fully saturated rings. The molecule has 0 amide bonds. The van der Waals surface area contributed by atoms with Crippen molar-refractivity contribution in [3.8, 4) is 27.9 Å². The third-order valence-corrected chi connectivity index (χ3v) is 34.8. The summed E-state index contributed by atoms with van der Waals surface area (Å²) in [6.07, 6.45) is 2.48. The highest BCUT2D eigenvalue weighted by atomic mass is 79.9. The van der Waals surface area contributed by atoms with Gasteiger partial charge < -0.3 is 89.7 Å². The summed E-state index contributed by atoms with van der Waals surface area (Å²) in [7, 11) is -6.47. The molecule has 10 nitrogen and oxygen atoms in total. The Morgan fingerprint density at radius 2 is 0.514 bits per heavy atom. The van der Waals surface area contributed by atoms with Gasteiger partial charge >= 0.3 is 0 Å². The van der Waals surface area contributed by atoms with E-state index in [-0.39, 0.29) is 84.2 Å². The van der Waals surface area contributed by atoms with Crippen molar-refractivity contribution in [1.29, 1.82) is 0 Å². The van der Waals surface area contributed by atoms with Crippen LogP contribution in [-0.2, 0) is 63.0 Å². The number of thiophene rings is 1. The second-order valence-electron chi connectivity index (χ2n) is 31.3. The molecule has 1 saturated carbocycles. The molecule has 2 aliphatic heterocycles. The van der Waals surface area contributed by atoms with Crippen molar-refractivity contribution in [1.82, 2.24) is 0 Å². The summed E-state index contributed by atoms with van der Waals surface area (Å²) in [5.74, 6) is -9.51. The van der Waals surface area contributed by atoms with Crippen LogP contribution in [0.15, 0.2) is 476 Å². The topological polar surface area (TPSA) is 151 Å². The molecule has 0 N–H and O–H groups in total. The Bertz CT molecular complexity index is 6730. The zero-order chi connectivity index (χ0) is 99.1. The zero-order valence-electron chi connectivity index (χ0n) is 75.4. The van der Waals surface area contributed by atoms with Gasteiger partial charge in [0.05, 0.1) is 59.7 Å². The fourth-order valence-corrected chi connectivity index (χ4v) is 28.3. The van der Waals surface area contributed by atoms with E-state index in [1.807, 2.05) is 36.4 Å². The van der Waals surface area contributed by atoms with Gasteiger partial charge in [-0.2, -0.15) is 0 Å². The van der Waals surface area contributed by atoms with Gasteiger partial charge in [0.15, 0.2) is 112 Å². The number of sulfone groups is 1. The quantitative estimate of drug-likeness (QED) is 0.0636. The number of para-hydroxylation sites is 4. The minimum absolute atomic E-state index is 0. The number of halogens is 15. The molecule has 736 valence electrons. The smallest absolute Gasteiger partial charge is 0.282 e. The first-order valence-electron chi connectivity index (χ1n) is 43.8. The highest BCUT2D eigenvalue weighted by Gasteiger charge is 2.38. The van der Waals surface area contributed by atoms with Crippen molar-refractivity contribution in [2.24, 2.45) is 0 Å². The molecule has 0 bridgehead atoms. The Morgan fingerprint density at radius 1 is 0.271 bits per heavy atom. The third-order valence-electron chi connectivity index (χ3n) is 21.5. The number of carbonyl (C=O) groups is 2. The molecule has 31 heteroatoms. The number of hydrogen-bond donors (Lipinski definition) is 0. The van der Waals surface area contributed by atoms with Crippen LogP contribution < -0.4 is 80.1 Å². The van der Waals surface area contributed by atoms with E-state index in [0.29, 0.717) is 72.0 Å². The molecular weight excluding hydrogens is 2180 g/mol. The molecule has 1 aliphatic carbocycles. The molecule has 21 rings (SSSR count). The van der Waals surface area contributed by atoms with Crippen LogP contribution in [0.2, 0.25) is 0 Å². The maximum atomic E-state index is 13.6. The van der Waals surface area contributed by atoms with E-state index in [2.05, 4.69) is 127 Å². The van der Waals surface area contributed by atoms with E-state index in [1.165, 1.54) is 108 Å². The Hall–Kier alpha value is -13.0. The standard InChI is InChI=1S/C24H25O2S2.3C18H11F4S.C18H13S.C9H8O4.C8H6O4.3BrH/c25-28(26,23-14-8-3-9-15-23)24-18-16-22(17-19-24)27(20-10-4-1-5-11-20)21-12-6-2-7-13-21;3*19-12-6-13(20)9-17(8-12)23(16-4-2-1-3-5-16)18-10-14(21)7-15(22)11-18;1-2-8-14(9-3-1)19-17-12-6-4-10-15(17)16-11-5-7-13-18(16)19;10-9(11)8-5-12-6-3-1-2-4-7(6)13-8;9-7(10)8-11-5-3-1-2-4-6(5)12-8;;;/h1-2,4-7,10-13,16-19,23H,3,8-9,14-15H2;3*1-11H;1-13H;1-4,8H,5H2,(H,10,11);1-4,8H,(H,9,10);3*1H/q5*+1;;;;;/p-5. The van der Waals surface area contributed by atoms with Crippen LogP contribution in [0.3, 0.4) is 0 Å². The summed E-state index contributed by atoms with van der Waals surface area (Å²) in [5.41, 5.74) is 0. The van der Waals surface area contributed by atoms with Gasteiger partial charge in [-0.3, -0.25) is 0 Å². The van der Waals surface area contributed by atoms with Crippen LogP contribution in [0.25, 0.3) is 25.1 Å². The lowest BCUT2D eigenvalue weighted by molar-refractivity contribution is -0.321. The largest absolute Gasteiger partial charge is 1.00 e. The fourth-order valence-electron chi connectivity index (χ4n) is 15.4. The van der Waals surface area contributed by atoms with E-state index in [1.54, 1.807) is 140 Å². The lowest BCUT2D eigenvalue weighted by atomic mass is 10.0. The van der Waals surface area contributed by atoms with Gasteiger partial charge in [-0.1, -0.05) is 177 Å². The van der Waals surface area contributed by atoms with Crippen LogP contribution in [0, 0.1) is 69.8 Å². The monoisotopic (exact) mass is 2260 g/mol. The number of hydrogen-bond acceptors (Lipinski definition) is 10. The van der Waals surface area contributed by atoms with Crippen LogP contribution >= 0.6 is 10.5 Å². The number of carboxylic acid groups (broad SMARTS) is 2. The maximum Gasteiger partial charge on any atom is 0.282 e. The molecule has 0 radical (unpaired) electrons. The summed E-state index contributed by atoms with van der Waals surface area (Å²) in [4.78, 5) is 30.3. The summed E-state index contributed by atoms with van der Waals surface area (Å²) in [6.45, 7) is -0.000648. The number of carboxylic acids is 2. The summed E-state index contributed by atoms with van der Waals surface area (Å²) >= 11 is 0. The Morgan fingerprint density at radius 3 is 0.799 bits per heavy atom. The van der Waals surface area contributed by atoms with Crippen molar-refractivity contribution < 1.29 is 151 Å². The SMILES string of the molecule is Fc1cc(F)cc([S+](c2ccccc2)c2cc(F)cc(F)c2)c1.Fc1cc(F)cc([S+](c2ccccc2)c2cc(F)cc(F)c2)c1.Fc1cc(F)cc([S+](c2ccccc2)c2cc(F)cc(F)c2)c1.O=C([O-])C1COc2ccccc2O1.O=C([O-])C1Oc2ccccc2O1.O=S(=O)(c1ccc([S+](c2ccccc2)c2ccccc2)cc1)C1CCCCC1.[Br-].[Br-].[Br-].c1ccc(-[s+]2c3ccccc3c3ccccc32)cc1. The van der Waals surface area contributed by atoms with Crippen LogP contribution in [0.5, 0.6) is 23.0 Å². The predicted octanol–water partition coefficient (Wildman–Crippen LogP) is 17.8. The van der Waals surface area contributed by atoms with Gasteiger partial charge in [0.25, 0.3) is 6.29 Å². The minimum Gasteiger partial charge on any atom is -1.00 e. The molecule has 18 aromatic rings. The molecule has 0 saturated heterocycles. The average molecular weight is 2260 g/mol. The van der Waals surface area contributed by atoms with Gasteiger partial charge in [0, 0.05) is 130 Å². The summed E-state index contributed by atoms with van der Waals surface area (Å²) in [6, 6.07) is 116. The molecule has 0 spiro atoms. The van der Waals surface area contributed by atoms with Gasteiger partial charge in [-0.15, -0.1) is 0 Å². The molecule has 3 heterocycles. The zero-order valence-corrected chi connectivity index (χ0v) is 85.1. The van der Waals surface area contributed by atoms with Crippen LogP contribution in [0.4, 0.5) is 52.7 Å². The van der Waals surface area contributed by atoms with E-state index in [9.17, 15) is 80.9 Å². The number of ether oxygens (including phenoxy) is 4. The second-order valence-corrected chi connectivity index (χ2v) is 43.6.